The van der Waals surface area contributed by atoms with Gasteiger partial charge in [0, 0.05) is 6.92 Å². The summed E-state index contributed by atoms with van der Waals surface area (Å²) in [5.74, 6) is -1.54. The van der Waals surface area contributed by atoms with Gasteiger partial charge in [-0.1, -0.05) is 54.6 Å². The zero-order valence-electron chi connectivity index (χ0n) is 20.5. The van der Waals surface area contributed by atoms with E-state index in [1.54, 1.807) is 97.9 Å². The van der Waals surface area contributed by atoms with E-state index in [-0.39, 0.29) is 6.61 Å². The Balaban J connectivity index is 1.43. The quantitative estimate of drug-likeness (QED) is 0.345. The Hall–Kier alpha value is -4.50. The van der Waals surface area contributed by atoms with Crippen LogP contribution in [0.4, 0.5) is 0 Å². The van der Waals surface area contributed by atoms with Crippen LogP contribution in [0.2, 0.25) is 0 Å². The lowest BCUT2D eigenvalue weighted by Crippen LogP contribution is -2.60. The lowest BCUT2D eigenvalue weighted by molar-refractivity contribution is -0.214. The predicted molar refractivity (Wildman–Crippen MR) is 135 cm³/mol. The maximum absolute atomic E-state index is 13.1. The van der Waals surface area contributed by atoms with Gasteiger partial charge < -0.3 is 23.7 Å². The number of hydrogen-bond donors (Lipinski definition) is 0. The molecule has 0 amide bonds. The lowest BCUT2D eigenvalue weighted by Gasteiger charge is -2.41. The minimum Gasteiger partial charge on any atom is -0.469 e. The van der Waals surface area contributed by atoms with Gasteiger partial charge in [0.1, 0.15) is 12.7 Å². The van der Waals surface area contributed by atoms with E-state index < -0.39 is 48.6 Å². The molecule has 3 aromatic carbocycles. The van der Waals surface area contributed by atoms with Crippen molar-refractivity contribution in [2.24, 2.45) is 4.99 Å². The van der Waals surface area contributed by atoms with E-state index in [0.717, 1.165) is 0 Å². The molecule has 9 nitrogen and oxygen atoms in total. The molecule has 0 aromatic heterocycles. The molecule has 2 aliphatic rings. The van der Waals surface area contributed by atoms with Crippen LogP contribution in [-0.4, -0.2) is 61.1 Å². The Bertz CT molecular complexity index is 1310. The minimum absolute atomic E-state index is 0.280. The average molecular weight is 516 g/mol. The van der Waals surface area contributed by atoms with Crippen molar-refractivity contribution in [3.8, 4) is 0 Å². The number of carbonyl (C=O) groups is 3. The highest BCUT2D eigenvalue weighted by atomic mass is 16.7. The first-order chi connectivity index (χ1) is 18.5. The van der Waals surface area contributed by atoms with Crippen molar-refractivity contribution in [1.82, 2.24) is 0 Å². The molecule has 1 fully saturated rings. The third kappa shape index (κ3) is 5.57. The van der Waals surface area contributed by atoms with Gasteiger partial charge in [-0.05, 0) is 36.4 Å². The van der Waals surface area contributed by atoms with Crippen LogP contribution in [0.5, 0.6) is 0 Å². The van der Waals surface area contributed by atoms with Gasteiger partial charge in [-0.3, -0.25) is 0 Å². The van der Waals surface area contributed by atoms with Crippen LogP contribution in [0.1, 0.15) is 38.0 Å². The molecule has 0 N–H and O–H groups in total. The van der Waals surface area contributed by atoms with Gasteiger partial charge in [0.2, 0.25) is 0 Å². The number of carbonyl (C=O) groups excluding carboxylic acids is 3. The van der Waals surface area contributed by atoms with Crippen LogP contribution in [0.3, 0.4) is 0 Å². The molecule has 3 aromatic rings. The Labute approximate surface area is 218 Å². The molecule has 0 aliphatic carbocycles. The zero-order valence-corrected chi connectivity index (χ0v) is 20.5. The number of esters is 3. The lowest BCUT2D eigenvalue weighted by atomic mass is 9.97. The molecule has 5 atom stereocenters. The highest BCUT2D eigenvalue weighted by molar-refractivity contribution is 5.91. The summed E-state index contributed by atoms with van der Waals surface area (Å²) >= 11 is 0. The highest BCUT2D eigenvalue weighted by Crippen LogP contribution is 2.33. The van der Waals surface area contributed by atoms with Crippen LogP contribution < -0.4 is 0 Å². The molecule has 0 bridgehead atoms. The fourth-order valence-electron chi connectivity index (χ4n) is 4.29. The van der Waals surface area contributed by atoms with Gasteiger partial charge in [-0.15, -0.1) is 0 Å². The van der Waals surface area contributed by atoms with Gasteiger partial charge in [0.05, 0.1) is 16.7 Å². The fraction of sp³-hybridized carbons (Fsp3) is 0.241. The van der Waals surface area contributed by atoms with Gasteiger partial charge in [-0.2, -0.15) is 0 Å². The standard InChI is InChI=1S/C29H25NO8/c1-18-30-26-25(35-18)24(38-29(33)21-15-9-4-10-16-21)23(37-28(32)20-13-7-3-8-14-20)22(36-26)17-34-27(31)19-11-5-2-6-12-19/h2-16,22-26H,17H2,1H3/t22-,23-,24+,25-,26+/m1/s1. The third-order valence-electron chi connectivity index (χ3n) is 6.12. The first-order valence-electron chi connectivity index (χ1n) is 12.1. The van der Waals surface area contributed by atoms with Crippen LogP contribution >= 0.6 is 0 Å². The van der Waals surface area contributed by atoms with Gasteiger partial charge in [0.15, 0.2) is 30.4 Å². The van der Waals surface area contributed by atoms with Gasteiger partial charge in [0.25, 0.3) is 0 Å². The van der Waals surface area contributed by atoms with Gasteiger partial charge in [-0.25, -0.2) is 19.4 Å². The average Bonchev–Trinajstić information content (AvgIpc) is 3.34. The topological polar surface area (TPSA) is 110 Å². The van der Waals surface area contributed by atoms with E-state index in [1.807, 2.05) is 0 Å². The van der Waals surface area contributed by atoms with E-state index in [1.165, 1.54) is 0 Å². The van der Waals surface area contributed by atoms with E-state index in [9.17, 15) is 14.4 Å². The van der Waals surface area contributed by atoms with E-state index in [2.05, 4.69) is 4.99 Å². The summed E-state index contributed by atoms with van der Waals surface area (Å²) in [5, 5.41) is 0. The van der Waals surface area contributed by atoms with Crippen molar-refractivity contribution in [2.75, 3.05) is 6.61 Å². The van der Waals surface area contributed by atoms with Crippen molar-refractivity contribution < 1.29 is 38.1 Å². The van der Waals surface area contributed by atoms with Crippen molar-refractivity contribution in [1.29, 1.82) is 0 Å². The normalized spacial score (nSPS) is 23.8. The summed E-state index contributed by atoms with van der Waals surface area (Å²) < 4.78 is 29.1. The summed E-state index contributed by atoms with van der Waals surface area (Å²) in [7, 11) is 0. The zero-order chi connectivity index (χ0) is 26.5. The smallest absolute Gasteiger partial charge is 0.338 e. The Kier molecular flexibility index (Phi) is 7.46. The number of benzene rings is 3. The molecule has 0 radical (unpaired) electrons. The van der Waals surface area contributed by atoms with Crippen molar-refractivity contribution in [3.05, 3.63) is 108 Å². The Morgan fingerprint density at radius 2 is 1.18 bits per heavy atom. The van der Waals surface area contributed by atoms with E-state index >= 15 is 0 Å². The highest BCUT2D eigenvalue weighted by Gasteiger charge is 2.54. The SMILES string of the molecule is CC1=N[C@H]2O[C@H](COC(=O)c3ccccc3)[C@@H](OC(=O)c3ccccc3)[C@H](OC(=O)c3ccccc3)[C@H]2O1. The number of aliphatic imine (C=N–C) groups is 1. The van der Waals surface area contributed by atoms with Crippen LogP contribution in [0, 0.1) is 0 Å². The van der Waals surface area contributed by atoms with Crippen LogP contribution in [0.15, 0.2) is 96.0 Å². The number of rotatable bonds is 7. The third-order valence-corrected chi connectivity index (χ3v) is 6.12. The van der Waals surface area contributed by atoms with Crippen LogP contribution in [0.25, 0.3) is 0 Å². The molecule has 38 heavy (non-hydrogen) atoms. The Morgan fingerprint density at radius 1 is 0.711 bits per heavy atom. The molecule has 1 saturated heterocycles. The molecule has 0 unspecified atom stereocenters. The fourth-order valence-corrected chi connectivity index (χ4v) is 4.29. The number of nitrogens with zero attached hydrogens (tertiary/aromatic N) is 1. The van der Waals surface area contributed by atoms with Crippen molar-refractivity contribution in [3.63, 3.8) is 0 Å². The molecule has 9 heteroatoms. The monoisotopic (exact) mass is 515 g/mol. The summed E-state index contributed by atoms with van der Waals surface area (Å²) in [6.45, 7) is 1.37. The Morgan fingerprint density at radius 3 is 1.71 bits per heavy atom. The van der Waals surface area contributed by atoms with Crippen molar-refractivity contribution >= 4 is 23.8 Å². The first kappa shape index (κ1) is 25.2. The molecular formula is C29H25NO8. The first-order valence-corrected chi connectivity index (χ1v) is 12.1. The maximum atomic E-state index is 13.1. The predicted octanol–water partition coefficient (Wildman–Crippen LogP) is 3.84. The summed E-state index contributed by atoms with van der Waals surface area (Å²) in [6.07, 6.45) is -4.98. The molecule has 5 rings (SSSR count). The maximum Gasteiger partial charge on any atom is 0.338 e. The van der Waals surface area contributed by atoms with Crippen LogP contribution in [-0.2, 0) is 23.7 Å². The second-order valence-electron chi connectivity index (χ2n) is 8.73. The molecule has 2 heterocycles. The summed E-state index contributed by atoms with van der Waals surface area (Å²) in [6, 6.07) is 25.3. The number of ether oxygens (including phenoxy) is 5. The molecule has 194 valence electrons. The molecular weight excluding hydrogens is 490 g/mol. The summed E-state index contributed by atoms with van der Waals surface area (Å²) in [5.41, 5.74) is 0.957. The van der Waals surface area contributed by atoms with Crippen molar-refractivity contribution in [2.45, 2.75) is 37.6 Å². The second-order valence-corrected chi connectivity index (χ2v) is 8.73. The van der Waals surface area contributed by atoms with E-state index in [0.29, 0.717) is 22.6 Å². The van der Waals surface area contributed by atoms with E-state index in [4.69, 9.17) is 23.7 Å². The molecule has 0 spiro atoms. The minimum atomic E-state index is -1.17. The second kappa shape index (κ2) is 11.3. The molecule has 2 aliphatic heterocycles. The number of hydrogen-bond acceptors (Lipinski definition) is 9. The number of fused-ring (bicyclic) bond motifs is 1. The summed E-state index contributed by atoms with van der Waals surface area (Å²) in [4.78, 5) is 43.1. The van der Waals surface area contributed by atoms with Gasteiger partial charge >= 0.3 is 17.9 Å². The largest absolute Gasteiger partial charge is 0.469 e. The molecule has 0 saturated carbocycles.